The first-order valence-corrected chi connectivity index (χ1v) is 13.1. The first-order valence-electron chi connectivity index (χ1n) is 13.1. The molecule has 1 aliphatic rings. The van der Waals surface area contributed by atoms with Gasteiger partial charge in [-0.25, -0.2) is 19.9 Å². The minimum Gasteiger partial charge on any atom is -0.245 e. The van der Waals surface area contributed by atoms with Gasteiger partial charge in [0.25, 0.3) is 0 Å². The van der Waals surface area contributed by atoms with E-state index in [-0.39, 0.29) is 5.41 Å². The number of hydrogen-bond donors (Lipinski definition) is 0. The normalized spacial score (nSPS) is 13.1. The van der Waals surface area contributed by atoms with Gasteiger partial charge in [-0.3, -0.25) is 0 Å². The Bertz CT molecular complexity index is 1770. The minimum absolute atomic E-state index is 0.0116. The van der Waals surface area contributed by atoms with Crippen LogP contribution in [-0.4, -0.2) is 19.9 Å². The number of benzene rings is 4. The molecule has 2 aromatic heterocycles. The molecule has 0 bridgehead atoms. The largest absolute Gasteiger partial charge is 0.245 e. The molecule has 7 rings (SSSR count). The lowest BCUT2D eigenvalue weighted by atomic mass is 9.82. The van der Waals surface area contributed by atoms with Crippen LogP contribution in [0.2, 0.25) is 0 Å². The molecule has 0 aliphatic heterocycles. The maximum Gasteiger partial charge on any atom is 0.116 e. The molecule has 4 aromatic carbocycles. The molecule has 39 heavy (non-hydrogen) atoms. The highest BCUT2D eigenvalue weighted by Gasteiger charge is 2.35. The zero-order valence-corrected chi connectivity index (χ0v) is 21.8. The Kier molecular flexibility index (Phi) is 5.41. The van der Waals surface area contributed by atoms with Crippen LogP contribution in [0.3, 0.4) is 0 Å². The van der Waals surface area contributed by atoms with E-state index in [0.29, 0.717) is 0 Å². The molecule has 0 amide bonds. The fraction of sp³-hybridized carbons (Fsp3) is 0.0857. The van der Waals surface area contributed by atoms with Crippen LogP contribution in [0.5, 0.6) is 0 Å². The van der Waals surface area contributed by atoms with Crippen LogP contribution in [-0.2, 0) is 5.41 Å². The molecule has 0 atom stereocenters. The van der Waals surface area contributed by atoms with Gasteiger partial charge in [-0.15, -0.1) is 0 Å². The van der Waals surface area contributed by atoms with Crippen molar-refractivity contribution in [1.82, 2.24) is 19.9 Å². The van der Waals surface area contributed by atoms with E-state index < -0.39 is 0 Å². The maximum absolute atomic E-state index is 4.53. The Labute approximate surface area is 228 Å². The maximum atomic E-state index is 4.53. The number of aromatic nitrogens is 4. The van der Waals surface area contributed by atoms with E-state index >= 15 is 0 Å². The molecule has 186 valence electrons. The van der Waals surface area contributed by atoms with E-state index in [1.807, 2.05) is 12.1 Å². The van der Waals surface area contributed by atoms with Crippen LogP contribution >= 0.6 is 0 Å². The molecule has 0 saturated carbocycles. The highest BCUT2D eigenvalue weighted by atomic mass is 14.8. The third kappa shape index (κ3) is 3.93. The quantitative estimate of drug-likeness (QED) is 0.244. The van der Waals surface area contributed by atoms with Crippen molar-refractivity contribution < 1.29 is 0 Å². The lowest BCUT2D eigenvalue weighted by molar-refractivity contribution is 0.660. The smallest absolute Gasteiger partial charge is 0.116 e. The molecule has 0 radical (unpaired) electrons. The summed E-state index contributed by atoms with van der Waals surface area (Å²) in [5.41, 5.74) is 13.8. The van der Waals surface area contributed by atoms with E-state index in [4.69, 9.17) is 0 Å². The van der Waals surface area contributed by atoms with Crippen LogP contribution < -0.4 is 0 Å². The first-order chi connectivity index (χ1) is 19.1. The Balaban J connectivity index is 1.42. The molecule has 4 nitrogen and oxygen atoms in total. The van der Waals surface area contributed by atoms with Crippen molar-refractivity contribution in [1.29, 1.82) is 0 Å². The molecule has 0 spiro atoms. The predicted molar refractivity (Wildman–Crippen MR) is 157 cm³/mol. The zero-order chi connectivity index (χ0) is 26.4. The van der Waals surface area contributed by atoms with Gasteiger partial charge >= 0.3 is 0 Å². The predicted octanol–water partition coefficient (Wildman–Crippen LogP) is 8.24. The van der Waals surface area contributed by atoms with Crippen LogP contribution in [0.1, 0.15) is 25.0 Å². The first kappa shape index (κ1) is 23.2. The molecular formula is C35H26N4. The zero-order valence-electron chi connectivity index (χ0n) is 21.8. The van der Waals surface area contributed by atoms with Crippen molar-refractivity contribution in [2.24, 2.45) is 0 Å². The molecule has 6 aromatic rings. The van der Waals surface area contributed by atoms with Crippen molar-refractivity contribution in [3.8, 4) is 55.9 Å². The molecule has 2 heterocycles. The Morgan fingerprint density at radius 2 is 1.00 bits per heavy atom. The van der Waals surface area contributed by atoms with Gasteiger partial charge in [0.1, 0.15) is 12.7 Å². The summed E-state index contributed by atoms with van der Waals surface area (Å²) in [6.07, 6.45) is 6.72. The van der Waals surface area contributed by atoms with Crippen molar-refractivity contribution in [2.45, 2.75) is 19.3 Å². The van der Waals surface area contributed by atoms with Gasteiger partial charge in [0, 0.05) is 28.9 Å². The second-order valence-corrected chi connectivity index (χ2v) is 10.5. The average molecular weight is 503 g/mol. The minimum atomic E-state index is -0.0116. The lowest BCUT2D eigenvalue weighted by Crippen LogP contribution is -2.14. The van der Waals surface area contributed by atoms with Gasteiger partial charge in [0.05, 0.1) is 11.4 Å². The molecule has 1 aliphatic carbocycles. The molecule has 4 heteroatoms. The van der Waals surface area contributed by atoms with Gasteiger partial charge < -0.3 is 0 Å². The fourth-order valence-electron chi connectivity index (χ4n) is 5.88. The van der Waals surface area contributed by atoms with Crippen LogP contribution in [0, 0.1) is 0 Å². The van der Waals surface area contributed by atoms with Crippen molar-refractivity contribution >= 4 is 0 Å². The molecule has 0 N–H and O–H groups in total. The second kappa shape index (κ2) is 9.10. The number of rotatable bonds is 4. The summed E-state index contributed by atoms with van der Waals surface area (Å²) in [6.45, 7) is 4.64. The van der Waals surface area contributed by atoms with Gasteiger partial charge in [-0.2, -0.15) is 0 Å². The Morgan fingerprint density at radius 3 is 1.62 bits per heavy atom. The van der Waals surface area contributed by atoms with Crippen LogP contribution in [0.15, 0.2) is 122 Å². The lowest BCUT2D eigenvalue weighted by Gasteiger charge is -2.21. The summed E-state index contributed by atoms with van der Waals surface area (Å²) in [6, 6.07) is 34.8. The average Bonchev–Trinajstić information content (AvgIpc) is 3.24. The van der Waals surface area contributed by atoms with E-state index in [9.17, 15) is 0 Å². The van der Waals surface area contributed by atoms with E-state index in [0.717, 1.165) is 33.6 Å². The third-order valence-electron chi connectivity index (χ3n) is 7.82. The fourth-order valence-corrected chi connectivity index (χ4v) is 5.88. The number of hydrogen-bond acceptors (Lipinski definition) is 4. The molecule has 0 unspecified atom stereocenters. The number of nitrogens with zero attached hydrogens (tertiary/aromatic N) is 4. The van der Waals surface area contributed by atoms with Gasteiger partial charge in [0.15, 0.2) is 0 Å². The second-order valence-electron chi connectivity index (χ2n) is 10.5. The van der Waals surface area contributed by atoms with Gasteiger partial charge in [0.2, 0.25) is 0 Å². The Morgan fingerprint density at radius 1 is 0.462 bits per heavy atom. The van der Waals surface area contributed by atoms with Gasteiger partial charge in [-0.1, -0.05) is 74.5 Å². The highest BCUT2D eigenvalue weighted by Crippen LogP contribution is 2.50. The SMILES string of the molecule is CC1(C)c2ccccc2-c2cc(-c3ccccc3-c3cc(-c4ccncn4)cc(-c4ccncn4)c3)ccc21. The summed E-state index contributed by atoms with van der Waals surface area (Å²) < 4.78 is 0. The summed E-state index contributed by atoms with van der Waals surface area (Å²) in [5, 5.41) is 0. The summed E-state index contributed by atoms with van der Waals surface area (Å²) in [7, 11) is 0. The van der Waals surface area contributed by atoms with Crippen molar-refractivity contribution in [3.05, 3.63) is 133 Å². The Hall–Kier alpha value is -4.96. The van der Waals surface area contributed by atoms with E-state index in [1.165, 1.54) is 33.4 Å². The number of fused-ring (bicyclic) bond motifs is 3. The standard InChI is InChI=1S/C35H26N4/c1-35(2)31-10-6-5-9-29(31)30-20-23(11-12-32(30)35)27-7-3-4-8-28(27)24-17-25(33-13-15-36-21-38-33)19-26(18-24)34-14-16-37-22-39-34/h3-22H,1-2H3. The van der Waals surface area contributed by atoms with E-state index in [2.05, 4.69) is 119 Å². The van der Waals surface area contributed by atoms with E-state index in [1.54, 1.807) is 25.0 Å². The van der Waals surface area contributed by atoms with Crippen molar-refractivity contribution in [3.63, 3.8) is 0 Å². The molecular weight excluding hydrogens is 476 g/mol. The topological polar surface area (TPSA) is 51.6 Å². The van der Waals surface area contributed by atoms with Crippen LogP contribution in [0.25, 0.3) is 55.9 Å². The van der Waals surface area contributed by atoms with Gasteiger partial charge in [-0.05, 0) is 80.9 Å². The van der Waals surface area contributed by atoms with Crippen LogP contribution in [0.4, 0.5) is 0 Å². The summed E-state index contributed by atoms with van der Waals surface area (Å²) in [4.78, 5) is 17.3. The summed E-state index contributed by atoms with van der Waals surface area (Å²) in [5.74, 6) is 0. The highest BCUT2D eigenvalue weighted by molar-refractivity contribution is 5.91. The third-order valence-corrected chi connectivity index (χ3v) is 7.82. The summed E-state index contributed by atoms with van der Waals surface area (Å²) >= 11 is 0. The monoisotopic (exact) mass is 502 g/mol. The molecule has 0 fully saturated rings. The molecule has 0 saturated heterocycles. The van der Waals surface area contributed by atoms with Crippen molar-refractivity contribution in [2.75, 3.05) is 0 Å².